The lowest BCUT2D eigenvalue weighted by molar-refractivity contribution is -0.0197. The van der Waals surface area contributed by atoms with Crippen LogP contribution in [-0.2, 0) is 4.74 Å². The Morgan fingerprint density at radius 1 is 1.23 bits per heavy atom. The maximum Gasteiger partial charge on any atom is 0.339 e. The van der Waals surface area contributed by atoms with Crippen LogP contribution in [-0.4, -0.2) is 36.8 Å². The minimum atomic E-state index is -0.367. The monoisotopic (exact) mass is 308 g/mol. The smallest absolute Gasteiger partial charge is 0.339 e. The minimum Gasteiger partial charge on any atom is -0.491 e. The van der Waals surface area contributed by atoms with Crippen molar-refractivity contribution >= 4 is 11.7 Å². The van der Waals surface area contributed by atoms with Crippen molar-refractivity contribution in [2.45, 2.75) is 40.8 Å². The van der Waals surface area contributed by atoms with Gasteiger partial charge in [0.2, 0.25) is 0 Å². The van der Waals surface area contributed by atoms with Gasteiger partial charge in [0.1, 0.15) is 5.75 Å². The summed E-state index contributed by atoms with van der Waals surface area (Å²) in [6.45, 7) is 12.3. The molecule has 0 bridgehead atoms. The Morgan fingerprint density at radius 3 is 2.41 bits per heavy atom. The van der Waals surface area contributed by atoms with Gasteiger partial charge in [0, 0.05) is 0 Å². The summed E-state index contributed by atoms with van der Waals surface area (Å²) in [4.78, 5) is 14.3. The molecule has 124 valence electrons. The summed E-state index contributed by atoms with van der Waals surface area (Å²) < 4.78 is 11.1. The molecular weight excluding hydrogens is 280 g/mol. The molecule has 5 nitrogen and oxygen atoms in total. The number of hydrogen-bond donors (Lipinski definition) is 1. The van der Waals surface area contributed by atoms with Gasteiger partial charge in [-0.15, -0.1) is 0 Å². The number of rotatable bonds is 8. The summed E-state index contributed by atoms with van der Waals surface area (Å²) in [7, 11) is 0. The molecule has 1 atom stereocenters. The predicted molar refractivity (Wildman–Crippen MR) is 89.0 cm³/mol. The molecule has 0 heterocycles. The Balaban J connectivity index is 2.79. The minimum absolute atomic E-state index is 0.264. The number of nitrogens with zero attached hydrogens (tertiary/aromatic N) is 1. The molecule has 1 rings (SSSR count). The van der Waals surface area contributed by atoms with Gasteiger partial charge in [-0.1, -0.05) is 27.7 Å². The molecule has 1 unspecified atom stereocenters. The fourth-order valence-electron chi connectivity index (χ4n) is 2.08. The van der Waals surface area contributed by atoms with E-state index >= 15 is 0 Å². The van der Waals surface area contributed by atoms with Gasteiger partial charge in [-0.05, 0) is 44.1 Å². The highest BCUT2D eigenvalue weighted by Gasteiger charge is 2.17. The molecule has 5 heteroatoms. The van der Waals surface area contributed by atoms with Crippen molar-refractivity contribution in [2.24, 2.45) is 5.92 Å². The molecule has 22 heavy (non-hydrogen) atoms. The molecule has 0 saturated heterocycles. The Labute approximate surface area is 133 Å². The van der Waals surface area contributed by atoms with Crippen LogP contribution < -0.4 is 10.5 Å². The van der Waals surface area contributed by atoms with Crippen molar-refractivity contribution in [1.82, 2.24) is 4.90 Å². The zero-order valence-corrected chi connectivity index (χ0v) is 14.3. The lowest BCUT2D eigenvalue weighted by Gasteiger charge is -2.26. The Bertz CT molecular complexity index is 485. The number of carbonyl (C=O) groups excluding carboxylic acids is 1. The van der Waals surface area contributed by atoms with Crippen molar-refractivity contribution < 1.29 is 14.3 Å². The maximum atomic E-state index is 12.2. The molecule has 1 aromatic rings. The van der Waals surface area contributed by atoms with E-state index in [1.807, 2.05) is 20.8 Å². The number of esters is 1. The van der Waals surface area contributed by atoms with E-state index in [0.717, 1.165) is 13.1 Å². The van der Waals surface area contributed by atoms with Gasteiger partial charge in [0.25, 0.3) is 0 Å². The van der Waals surface area contributed by atoms with Gasteiger partial charge in [0.15, 0.2) is 6.23 Å². The molecule has 0 saturated carbocycles. The highest BCUT2D eigenvalue weighted by molar-refractivity contribution is 5.90. The summed E-state index contributed by atoms with van der Waals surface area (Å²) in [6, 6.07) is 4.98. The number of nitrogens with two attached hydrogens (primary N) is 1. The van der Waals surface area contributed by atoms with Gasteiger partial charge in [-0.25, -0.2) is 4.79 Å². The van der Waals surface area contributed by atoms with Crippen LogP contribution in [0, 0.1) is 5.92 Å². The van der Waals surface area contributed by atoms with Crippen LogP contribution in [0.1, 0.15) is 45.0 Å². The standard InChI is InChI=1S/C17H28N2O3/c1-6-19(7-2)13(5)22-17(20)14-8-9-15(18)16(10-14)21-11-12(3)4/h8-10,12-13H,6-7,11,18H2,1-5H3. The average molecular weight is 308 g/mol. The largest absolute Gasteiger partial charge is 0.491 e. The quantitative estimate of drug-likeness (QED) is 0.454. The van der Waals surface area contributed by atoms with E-state index in [-0.39, 0.29) is 12.2 Å². The first-order valence-electron chi connectivity index (χ1n) is 7.86. The van der Waals surface area contributed by atoms with E-state index in [4.69, 9.17) is 15.2 Å². The molecule has 0 fully saturated rings. The SMILES string of the molecule is CCN(CC)C(C)OC(=O)c1ccc(N)c(OCC(C)C)c1. The number of anilines is 1. The molecular formula is C17H28N2O3. The highest BCUT2D eigenvalue weighted by Crippen LogP contribution is 2.24. The lowest BCUT2D eigenvalue weighted by atomic mass is 10.2. The van der Waals surface area contributed by atoms with E-state index in [9.17, 15) is 4.79 Å². The van der Waals surface area contributed by atoms with Crippen LogP contribution in [0.3, 0.4) is 0 Å². The molecule has 0 aromatic heterocycles. The molecule has 0 aliphatic carbocycles. The molecule has 1 aromatic carbocycles. The first-order valence-corrected chi connectivity index (χ1v) is 7.86. The Morgan fingerprint density at radius 2 is 1.86 bits per heavy atom. The molecule has 0 spiro atoms. The second kappa shape index (κ2) is 8.63. The van der Waals surface area contributed by atoms with Crippen molar-refractivity contribution in [1.29, 1.82) is 0 Å². The Kier molecular flexibility index (Phi) is 7.18. The number of ether oxygens (including phenoxy) is 2. The third-order valence-electron chi connectivity index (χ3n) is 3.43. The third kappa shape index (κ3) is 5.22. The van der Waals surface area contributed by atoms with E-state index in [2.05, 4.69) is 18.7 Å². The predicted octanol–water partition coefficient (Wildman–Crippen LogP) is 3.15. The summed E-state index contributed by atoms with van der Waals surface area (Å²) in [6.07, 6.45) is -0.264. The lowest BCUT2D eigenvalue weighted by Crippen LogP contribution is -2.36. The van der Waals surface area contributed by atoms with Crippen molar-refractivity contribution in [2.75, 3.05) is 25.4 Å². The van der Waals surface area contributed by atoms with Crippen LogP contribution in [0.5, 0.6) is 5.75 Å². The highest BCUT2D eigenvalue weighted by atomic mass is 16.6. The topological polar surface area (TPSA) is 64.8 Å². The van der Waals surface area contributed by atoms with Crippen LogP contribution in [0.4, 0.5) is 5.69 Å². The molecule has 0 radical (unpaired) electrons. The molecule has 0 aliphatic rings. The van der Waals surface area contributed by atoms with E-state index in [0.29, 0.717) is 29.5 Å². The van der Waals surface area contributed by atoms with Crippen LogP contribution in [0.25, 0.3) is 0 Å². The summed E-state index contributed by atoms with van der Waals surface area (Å²) in [5.74, 6) is 0.546. The maximum absolute atomic E-state index is 12.2. The zero-order chi connectivity index (χ0) is 16.7. The first kappa shape index (κ1) is 18.3. The van der Waals surface area contributed by atoms with Gasteiger partial charge < -0.3 is 15.2 Å². The number of carbonyl (C=O) groups is 1. The zero-order valence-electron chi connectivity index (χ0n) is 14.3. The Hall–Kier alpha value is -1.75. The molecule has 2 N–H and O–H groups in total. The van der Waals surface area contributed by atoms with Crippen molar-refractivity contribution in [3.8, 4) is 5.75 Å². The van der Waals surface area contributed by atoms with Crippen LogP contribution in [0.2, 0.25) is 0 Å². The number of nitrogen functional groups attached to an aromatic ring is 1. The van der Waals surface area contributed by atoms with E-state index in [1.54, 1.807) is 18.2 Å². The molecule has 0 aliphatic heterocycles. The van der Waals surface area contributed by atoms with Gasteiger partial charge in [0.05, 0.1) is 17.9 Å². The summed E-state index contributed by atoms with van der Waals surface area (Å²) in [5, 5.41) is 0. The molecule has 0 amide bonds. The van der Waals surface area contributed by atoms with Crippen molar-refractivity contribution in [3.05, 3.63) is 23.8 Å². The second-order valence-corrected chi connectivity index (χ2v) is 5.68. The second-order valence-electron chi connectivity index (χ2n) is 5.68. The van der Waals surface area contributed by atoms with Crippen LogP contribution in [0.15, 0.2) is 18.2 Å². The van der Waals surface area contributed by atoms with Gasteiger partial charge >= 0.3 is 5.97 Å². The average Bonchev–Trinajstić information content (AvgIpc) is 2.47. The third-order valence-corrected chi connectivity index (χ3v) is 3.43. The van der Waals surface area contributed by atoms with Gasteiger partial charge in [-0.2, -0.15) is 0 Å². The number of hydrogen-bond acceptors (Lipinski definition) is 5. The van der Waals surface area contributed by atoms with E-state index in [1.165, 1.54) is 0 Å². The first-order chi connectivity index (χ1) is 10.4. The summed E-state index contributed by atoms with van der Waals surface area (Å²) in [5.41, 5.74) is 6.86. The normalized spacial score (nSPS) is 12.5. The number of benzene rings is 1. The van der Waals surface area contributed by atoms with Crippen molar-refractivity contribution in [3.63, 3.8) is 0 Å². The summed E-state index contributed by atoms with van der Waals surface area (Å²) >= 11 is 0. The van der Waals surface area contributed by atoms with Crippen LogP contribution >= 0.6 is 0 Å². The fraction of sp³-hybridized carbons (Fsp3) is 0.588. The van der Waals surface area contributed by atoms with Gasteiger partial charge in [-0.3, -0.25) is 4.90 Å². The fourth-order valence-corrected chi connectivity index (χ4v) is 2.08. The van der Waals surface area contributed by atoms with E-state index < -0.39 is 0 Å².